The number of aromatic nitrogens is 4. The first-order chi connectivity index (χ1) is 16.2. The van der Waals surface area contributed by atoms with Crippen molar-refractivity contribution in [2.24, 2.45) is 0 Å². The molecule has 0 spiro atoms. The van der Waals surface area contributed by atoms with E-state index < -0.39 is 6.10 Å². The summed E-state index contributed by atoms with van der Waals surface area (Å²) in [4.78, 5) is 11.1. The fourth-order valence-corrected chi connectivity index (χ4v) is 4.45. The van der Waals surface area contributed by atoms with Crippen LogP contribution in [0.1, 0.15) is 36.1 Å². The molecule has 0 radical (unpaired) electrons. The van der Waals surface area contributed by atoms with E-state index in [2.05, 4.69) is 20.9 Å². The number of rotatable bonds is 6. The number of likely N-dealkylation sites (tertiary alicyclic amines) is 1. The highest BCUT2D eigenvalue weighted by atomic mass is 19.1. The molecule has 0 aliphatic carbocycles. The SMILES string of the molecule is OC(CN1CCC(c2cc(-c3ccc(F)cc3)nn2-c2ncccn2)CC1)c1ccccc1. The van der Waals surface area contributed by atoms with Gasteiger partial charge in [-0.25, -0.2) is 19.0 Å². The van der Waals surface area contributed by atoms with Crippen molar-refractivity contribution in [2.45, 2.75) is 24.9 Å². The summed E-state index contributed by atoms with van der Waals surface area (Å²) in [6.07, 6.45) is 4.82. The van der Waals surface area contributed by atoms with Crippen molar-refractivity contribution in [3.05, 3.63) is 96.2 Å². The smallest absolute Gasteiger partial charge is 0.250 e. The number of aliphatic hydroxyl groups excluding tert-OH is 1. The van der Waals surface area contributed by atoms with Gasteiger partial charge in [0.25, 0.3) is 5.95 Å². The summed E-state index contributed by atoms with van der Waals surface area (Å²) in [6, 6.07) is 20.0. The first kappa shape index (κ1) is 21.4. The highest BCUT2D eigenvalue weighted by molar-refractivity contribution is 5.60. The molecule has 1 aliphatic rings. The summed E-state index contributed by atoms with van der Waals surface area (Å²) in [6.45, 7) is 2.40. The molecule has 3 heterocycles. The van der Waals surface area contributed by atoms with Gasteiger partial charge in [0.05, 0.1) is 17.5 Å². The number of piperidine rings is 1. The van der Waals surface area contributed by atoms with Crippen molar-refractivity contribution in [3.8, 4) is 17.2 Å². The standard InChI is InChI=1S/C26H26FN5O/c27-22-9-7-19(8-10-22)23-17-24(32(30-23)26-28-13-4-14-29-26)20-11-15-31(16-12-20)18-25(33)21-5-2-1-3-6-21/h1-10,13-14,17,20,25,33H,11-12,15-16,18H2. The monoisotopic (exact) mass is 443 g/mol. The number of halogens is 1. The largest absolute Gasteiger partial charge is 0.387 e. The Morgan fingerprint density at radius 3 is 2.33 bits per heavy atom. The van der Waals surface area contributed by atoms with Crippen molar-refractivity contribution in [1.82, 2.24) is 24.6 Å². The summed E-state index contributed by atoms with van der Waals surface area (Å²) in [5, 5.41) is 15.4. The van der Waals surface area contributed by atoms with Crippen LogP contribution in [0.3, 0.4) is 0 Å². The van der Waals surface area contributed by atoms with E-state index in [1.165, 1.54) is 12.1 Å². The lowest BCUT2D eigenvalue weighted by Crippen LogP contribution is -2.36. The van der Waals surface area contributed by atoms with Crippen LogP contribution in [0.4, 0.5) is 4.39 Å². The summed E-state index contributed by atoms with van der Waals surface area (Å²) >= 11 is 0. The van der Waals surface area contributed by atoms with Crippen LogP contribution >= 0.6 is 0 Å². The molecule has 0 amide bonds. The second-order valence-corrected chi connectivity index (χ2v) is 8.42. The van der Waals surface area contributed by atoms with Crippen molar-refractivity contribution < 1.29 is 9.50 Å². The predicted octanol–water partition coefficient (Wildman–Crippen LogP) is 4.38. The van der Waals surface area contributed by atoms with Crippen molar-refractivity contribution in [2.75, 3.05) is 19.6 Å². The third-order valence-electron chi connectivity index (χ3n) is 6.24. The van der Waals surface area contributed by atoms with E-state index in [4.69, 9.17) is 5.10 Å². The molecule has 1 N–H and O–H groups in total. The number of aliphatic hydroxyl groups is 1. The molecule has 7 heteroatoms. The molecule has 6 nitrogen and oxygen atoms in total. The quantitative estimate of drug-likeness (QED) is 0.479. The molecule has 1 atom stereocenters. The van der Waals surface area contributed by atoms with Crippen LogP contribution in [0, 0.1) is 5.82 Å². The number of hydrogen-bond donors (Lipinski definition) is 1. The van der Waals surface area contributed by atoms with E-state index in [1.54, 1.807) is 30.6 Å². The molecule has 1 saturated heterocycles. The summed E-state index contributed by atoms with van der Waals surface area (Å²) < 4.78 is 15.2. The minimum Gasteiger partial charge on any atom is -0.387 e. The zero-order chi connectivity index (χ0) is 22.6. The van der Waals surface area contributed by atoms with Crippen LogP contribution in [0.5, 0.6) is 0 Å². The van der Waals surface area contributed by atoms with Gasteiger partial charge < -0.3 is 10.0 Å². The van der Waals surface area contributed by atoms with E-state index in [0.29, 0.717) is 18.4 Å². The Bertz CT molecular complexity index is 1170. The Morgan fingerprint density at radius 1 is 0.939 bits per heavy atom. The van der Waals surface area contributed by atoms with Crippen LogP contribution in [-0.4, -0.2) is 49.4 Å². The molecule has 1 unspecified atom stereocenters. The average molecular weight is 444 g/mol. The molecule has 0 saturated carbocycles. The Morgan fingerprint density at radius 2 is 1.64 bits per heavy atom. The number of benzene rings is 2. The average Bonchev–Trinajstić information content (AvgIpc) is 3.31. The fraction of sp³-hybridized carbons (Fsp3) is 0.269. The third-order valence-corrected chi connectivity index (χ3v) is 6.24. The lowest BCUT2D eigenvalue weighted by atomic mass is 9.92. The minimum atomic E-state index is -0.490. The van der Waals surface area contributed by atoms with Gasteiger partial charge in [-0.1, -0.05) is 30.3 Å². The van der Waals surface area contributed by atoms with E-state index in [0.717, 1.165) is 48.4 Å². The maximum Gasteiger partial charge on any atom is 0.250 e. The molecular formula is C26H26FN5O. The van der Waals surface area contributed by atoms with Gasteiger partial charge in [0.15, 0.2) is 0 Å². The number of hydrogen-bond acceptors (Lipinski definition) is 5. The normalized spacial score (nSPS) is 16.1. The lowest BCUT2D eigenvalue weighted by Gasteiger charge is -2.33. The lowest BCUT2D eigenvalue weighted by molar-refractivity contribution is 0.0967. The van der Waals surface area contributed by atoms with Gasteiger partial charge in [-0.15, -0.1) is 0 Å². The van der Waals surface area contributed by atoms with E-state index in [9.17, 15) is 9.50 Å². The molecule has 168 valence electrons. The van der Waals surface area contributed by atoms with Gasteiger partial charge >= 0.3 is 0 Å². The van der Waals surface area contributed by atoms with Crippen LogP contribution < -0.4 is 0 Å². The number of β-amino-alcohol motifs (C(OH)–C–C–N with tert-alkyl or cyclic N) is 1. The highest BCUT2D eigenvalue weighted by Crippen LogP contribution is 2.32. The Labute approximate surface area is 192 Å². The van der Waals surface area contributed by atoms with Gasteiger partial charge in [-0.3, -0.25) is 0 Å². The minimum absolute atomic E-state index is 0.269. The molecule has 0 bridgehead atoms. The van der Waals surface area contributed by atoms with Gasteiger partial charge in [-0.05, 0) is 67.9 Å². The summed E-state index contributed by atoms with van der Waals surface area (Å²) in [5.74, 6) is 0.554. The summed E-state index contributed by atoms with van der Waals surface area (Å²) in [5.41, 5.74) is 3.64. The van der Waals surface area contributed by atoms with Crippen LogP contribution in [0.25, 0.3) is 17.2 Å². The first-order valence-corrected chi connectivity index (χ1v) is 11.3. The predicted molar refractivity (Wildman–Crippen MR) is 124 cm³/mol. The Hall–Kier alpha value is -3.42. The Balaban J connectivity index is 1.35. The topological polar surface area (TPSA) is 67.1 Å². The third kappa shape index (κ3) is 4.84. The second kappa shape index (κ2) is 9.60. The van der Waals surface area contributed by atoms with Crippen molar-refractivity contribution in [3.63, 3.8) is 0 Å². The number of nitrogens with zero attached hydrogens (tertiary/aromatic N) is 5. The summed E-state index contributed by atoms with van der Waals surface area (Å²) in [7, 11) is 0. The molecule has 5 rings (SSSR count). The molecule has 2 aromatic heterocycles. The Kier molecular flexibility index (Phi) is 6.24. The van der Waals surface area contributed by atoms with Crippen molar-refractivity contribution >= 4 is 0 Å². The molecule has 4 aromatic rings. The van der Waals surface area contributed by atoms with Crippen LogP contribution in [-0.2, 0) is 0 Å². The maximum atomic E-state index is 13.4. The fourth-order valence-electron chi connectivity index (χ4n) is 4.45. The molecule has 1 aliphatic heterocycles. The van der Waals surface area contributed by atoms with E-state index in [-0.39, 0.29) is 5.82 Å². The van der Waals surface area contributed by atoms with Crippen LogP contribution in [0.2, 0.25) is 0 Å². The maximum absolute atomic E-state index is 13.4. The second-order valence-electron chi connectivity index (χ2n) is 8.42. The highest BCUT2D eigenvalue weighted by Gasteiger charge is 2.27. The van der Waals surface area contributed by atoms with Gasteiger partial charge in [-0.2, -0.15) is 5.10 Å². The van der Waals surface area contributed by atoms with Crippen molar-refractivity contribution in [1.29, 1.82) is 0 Å². The zero-order valence-electron chi connectivity index (χ0n) is 18.3. The van der Waals surface area contributed by atoms with Gasteiger partial charge in [0, 0.05) is 30.4 Å². The molecule has 1 fully saturated rings. The molecular weight excluding hydrogens is 417 g/mol. The first-order valence-electron chi connectivity index (χ1n) is 11.3. The van der Waals surface area contributed by atoms with E-state index >= 15 is 0 Å². The van der Waals surface area contributed by atoms with Gasteiger partial charge in [0.1, 0.15) is 5.82 Å². The van der Waals surface area contributed by atoms with Crippen LogP contribution in [0.15, 0.2) is 79.1 Å². The molecule has 33 heavy (non-hydrogen) atoms. The zero-order valence-corrected chi connectivity index (χ0v) is 18.3. The molecule has 2 aromatic carbocycles. The van der Waals surface area contributed by atoms with Gasteiger partial charge in [0.2, 0.25) is 0 Å². The van der Waals surface area contributed by atoms with E-state index in [1.807, 2.05) is 35.0 Å².